The fourth-order valence-corrected chi connectivity index (χ4v) is 2.35. The molecule has 1 heterocycles. The highest BCUT2D eigenvalue weighted by Gasteiger charge is 2.04. The molecule has 1 aromatic heterocycles. The van der Waals surface area contributed by atoms with Crippen molar-refractivity contribution < 1.29 is 8.94 Å². The van der Waals surface area contributed by atoms with Gasteiger partial charge in [0.1, 0.15) is 17.0 Å². The summed E-state index contributed by atoms with van der Waals surface area (Å²) < 4.78 is 24.5. The van der Waals surface area contributed by atoms with Crippen LogP contribution in [-0.2, 0) is 16.9 Å². The van der Waals surface area contributed by atoms with Gasteiger partial charge < -0.3 is 4.55 Å². The van der Waals surface area contributed by atoms with Crippen LogP contribution in [0.2, 0.25) is 0 Å². The largest absolute Gasteiger partial charge is 0.612 e. The molecule has 0 aliphatic rings. The summed E-state index contributed by atoms with van der Waals surface area (Å²) in [4.78, 5) is 3.96. The maximum Gasteiger partial charge on any atom is 0.135 e. The van der Waals surface area contributed by atoms with E-state index in [1.807, 2.05) is 12.1 Å². The lowest BCUT2D eigenvalue weighted by Gasteiger charge is -2.05. The monoisotopic (exact) mass is 261 g/mol. The third-order valence-corrected chi connectivity index (χ3v) is 3.38. The third kappa shape index (κ3) is 3.98. The molecule has 4 heteroatoms. The Morgan fingerprint density at radius 3 is 2.67 bits per heavy atom. The van der Waals surface area contributed by atoms with Gasteiger partial charge in [-0.1, -0.05) is 18.2 Å². The summed E-state index contributed by atoms with van der Waals surface area (Å²) in [6, 6.07) is 9.74. The Morgan fingerprint density at radius 2 is 2.00 bits per heavy atom. The number of benzene rings is 1. The summed E-state index contributed by atoms with van der Waals surface area (Å²) in [7, 11) is 0. The highest BCUT2D eigenvalue weighted by Crippen LogP contribution is 2.10. The van der Waals surface area contributed by atoms with Crippen molar-refractivity contribution in [3.8, 4) is 0 Å². The van der Waals surface area contributed by atoms with Crippen molar-refractivity contribution >= 4 is 17.3 Å². The predicted octanol–water partition coefficient (Wildman–Crippen LogP) is 3.14. The number of hydrogen-bond acceptors (Lipinski definition) is 2. The molecule has 0 aliphatic carbocycles. The van der Waals surface area contributed by atoms with E-state index in [2.05, 4.69) is 4.98 Å². The Morgan fingerprint density at radius 1 is 1.22 bits per heavy atom. The molecule has 18 heavy (non-hydrogen) atoms. The number of hydrogen-bond donors (Lipinski definition) is 0. The lowest BCUT2D eigenvalue weighted by atomic mass is 10.2. The lowest BCUT2D eigenvalue weighted by Crippen LogP contribution is -1.99. The van der Waals surface area contributed by atoms with E-state index >= 15 is 0 Å². The van der Waals surface area contributed by atoms with E-state index in [0.717, 1.165) is 11.1 Å². The van der Waals surface area contributed by atoms with Crippen molar-refractivity contribution in [2.24, 2.45) is 0 Å². The smallest absolute Gasteiger partial charge is 0.135 e. The molecular weight excluding hydrogens is 249 g/mol. The maximum atomic E-state index is 12.7. The van der Waals surface area contributed by atoms with E-state index in [1.54, 1.807) is 36.0 Å². The van der Waals surface area contributed by atoms with Gasteiger partial charge in [0.2, 0.25) is 0 Å². The first-order chi connectivity index (χ1) is 8.74. The van der Waals surface area contributed by atoms with E-state index in [1.165, 1.54) is 12.1 Å². The molecular formula is C14H12FNOS. The van der Waals surface area contributed by atoms with Crippen molar-refractivity contribution in [3.05, 3.63) is 71.1 Å². The molecule has 2 nitrogen and oxygen atoms in total. The van der Waals surface area contributed by atoms with E-state index < -0.39 is 11.2 Å². The normalized spacial score (nSPS) is 12.8. The van der Waals surface area contributed by atoms with E-state index in [4.69, 9.17) is 0 Å². The summed E-state index contributed by atoms with van der Waals surface area (Å²) in [5.74, 6) is 0.104. The molecule has 1 unspecified atom stereocenters. The van der Waals surface area contributed by atoms with Crippen LogP contribution in [0.5, 0.6) is 0 Å². The molecule has 1 atom stereocenters. The molecule has 0 radical (unpaired) electrons. The Kier molecular flexibility index (Phi) is 4.50. The Labute approximate surface area is 108 Å². The average molecular weight is 261 g/mol. The summed E-state index contributed by atoms with van der Waals surface area (Å²) >= 11 is -1.11. The van der Waals surface area contributed by atoms with Gasteiger partial charge in [-0.15, -0.1) is 0 Å². The molecule has 0 saturated carbocycles. The van der Waals surface area contributed by atoms with Gasteiger partial charge in [0.25, 0.3) is 0 Å². The molecule has 0 amide bonds. The molecule has 0 aliphatic heterocycles. The highest BCUT2D eigenvalue weighted by atomic mass is 32.2. The topological polar surface area (TPSA) is 36.0 Å². The minimum atomic E-state index is -1.11. The second-order valence-electron chi connectivity index (χ2n) is 3.74. The van der Waals surface area contributed by atoms with E-state index in [9.17, 15) is 8.94 Å². The van der Waals surface area contributed by atoms with Crippen LogP contribution in [-0.4, -0.2) is 9.54 Å². The number of rotatable bonds is 4. The van der Waals surface area contributed by atoms with Gasteiger partial charge in [-0.2, -0.15) is 0 Å². The van der Waals surface area contributed by atoms with Crippen molar-refractivity contribution in [3.63, 3.8) is 0 Å². The number of halogens is 1. The maximum absolute atomic E-state index is 12.7. The van der Waals surface area contributed by atoms with Crippen LogP contribution >= 0.6 is 0 Å². The molecule has 0 bridgehead atoms. The first kappa shape index (κ1) is 12.8. The zero-order valence-corrected chi connectivity index (χ0v) is 10.4. The predicted molar refractivity (Wildman–Crippen MR) is 71.5 cm³/mol. The van der Waals surface area contributed by atoms with Gasteiger partial charge in [0.15, 0.2) is 0 Å². The molecule has 0 spiro atoms. The van der Waals surface area contributed by atoms with E-state index in [0.29, 0.717) is 5.75 Å². The first-order valence-corrected chi connectivity index (χ1v) is 6.82. The number of pyridine rings is 1. The van der Waals surface area contributed by atoms with Crippen LogP contribution in [0.1, 0.15) is 11.1 Å². The fraction of sp³-hybridized carbons (Fsp3) is 0.0714. The van der Waals surface area contributed by atoms with Crippen molar-refractivity contribution in [1.82, 2.24) is 4.98 Å². The Bertz CT molecular complexity index is 513. The minimum absolute atomic E-state index is 0.282. The zero-order chi connectivity index (χ0) is 12.8. The quantitative estimate of drug-likeness (QED) is 0.793. The first-order valence-electron chi connectivity index (χ1n) is 5.44. The summed E-state index contributed by atoms with van der Waals surface area (Å²) in [6.07, 6.45) is 5.16. The Balaban J connectivity index is 1.94. The standard InChI is InChI=1S/C14H12FNOS/c15-14-5-3-13(4-6-14)11-18(17)9-7-12-2-1-8-16-10-12/h1-10H,11H2/b9-7+. The van der Waals surface area contributed by atoms with Gasteiger partial charge in [-0.05, 0) is 41.0 Å². The fourth-order valence-electron chi connectivity index (χ4n) is 1.42. The van der Waals surface area contributed by atoms with Crippen LogP contribution in [0.15, 0.2) is 54.2 Å². The molecule has 0 N–H and O–H groups in total. The van der Waals surface area contributed by atoms with Crippen LogP contribution in [0.25, 0.3) is 6.08 Å². The second-order valence-corrected chi connectivity index (χ2v) is 5.06. The molecule has 2 aromatic rings. The van der Waals surface area contributed by atoms with Gasteiger partial charge >= 0.3 is 0 Å². The lowest BCUT2D eigenvalue weighted by molar-refractivity contribution is 0.602. The van der Waals surface area contributed by atoms with E-state index in [-0.39, 0.29) is 5.82 Å². The average Bonchev–Trinajstić information content (AvgIpc) is 2.40. The SMILES string of the molecule is [O-][S+](/C=C/c1cccnc1)Cc1ccc(F)cc1. The number of nitrogens with zero attached hydrogens (tertiary/aromatic N) is 1. The summed E-state index contributed by atoms with van der Waals surface area (Å²) in [6.45, 7) is 0. The molecule has 2 rings (SSSR count). The molecule has 0 fully saturated rings. The van der Waals surface area contributed by atoms with Gasteiger partial charge in [-0.3, -0.25) is 4.98 Å². The zero-order valence-electron chi connectivity index (χ0n) is 9.62. The van der Waals surface area contributed by atoms with Crippen LogP contribution in [0.4, 0.5) is 4.39 Å². The van der Waals surface area contributed by atoms with Crippen molar-refractivity contribution in [1.29, 1.82) is 0 Å². The number of aromatic nitrogens is 1. The third-order valence-electron chi connectivity index (χ3n) is 2.32. The van der Waals surface area contributed by atoms with Gasteiger partial charge in [-0.25, -0.2) is 4.39 Å². The second kappa shape index (κ2) is 6.33. The van der Waals surface area contributed by atoms with Gasteiger partial charge in [0.05, 0.1) is 0 Å². The minimum Gasteiger partial charge on any atom is -0.612 e. The molecule has 1 aromatic carbocycles. The molecule has 0 saturated heterocycles. The highest BCUT2D eigenvalue weighted by molar-refractivity contribution is 7.93. The van der Waals surface area contributed by atoms with Crippen LogP contribution in [0.3, 0.4) is 0 Å². The van der Waals surface area contributed by atoms with Crippen molar-refractivity contribution in [2.45, 2.75) is 5.75 Å². The van der Waals surface area contributed by atoms with Crippen LogP contribution < -0.4 is 0 Å². The van der Waals surface area contributed by atoms with Crippen molar-refractivity contribution in [2.75, 3.05) is 0 Å². The summed E-state index contributed by atoms with van der Waals surface area (Å²) in [5.41, 5.74) is 1.76. The Hall–Kier alpha value is -1.65. The van der Waals surface area contributed by atoms with Crippen LogP contribution in [0, 0.1) is 5.82 Å². The molecule has 92 valence electrons. The summed E-state index contributed by atoms with van der Waals surface area (Å²) in [5, 5.41) is 1.63. The van der Waals surface area contributed by atoms with Gasteiger partial charge in [0, 0.05) is 18.0 Å².